The molecule has 3 rings (SSSR count). The van der Waals surface area contributed by atoms with Crippen molar-refractivity contribution in [2.45, 2.75) is 31.9 Å². The minimum Gasteiger partial charge on any atom is -0.127 e. The van der Waals surface area contributed by atoms with Crippen molar-refractivity contribution in [3.63, 3.8) is 0 Å². The van der Waals surface area contributed by atoms with Crippen molar-refractivity contribution in [3.8, 4) is 0 Å². The third-order valence-electron chi connectivity index (χ3n) is 3.97. The molecule has 0 amide bonds. The molecule has 0 bridgehead atoms. The normalized spacial score (nSPS) is 32.1. The van der Waals surface area contributed by atoms with Crippen LogP contribution in [0.1, 0.15) is 32.3 Å². The first-order chi connectivity index (χ1) is 8.15. The van der Waals surface area contributed by atoms with E-state index in [0.29, 0.717) is 0 Å². The van der Waals surface area contributed by atoms with Gasteiger partial charge in [-0.15, -0.1) is 11.8 Å². The molecule has 1 heterocycles. The van der Waals surface area contributed by atoms with Crippen LogP contribution in [0.15, 0.2) is 29.2 Å². The van der Waals surface area contributed by atoms with E-state index in [1.165, 1.54) is 23.3 Å². The van der Waals surface area contributed by atoms with Crippen LogP contribution >= 0.6 is 23.4 Å². The summed E-state index contributed by atoms with van der Waals surface area (Å²) in [4.78, 5) is 1.52. The standard InChI is InChI=1S/C15H17ClS/c1-9-7-13-14(8-9)17-10(2)15(13)11-3-5-12(16)6-4-11/h3-6,9,13-14H,7-8H2,1-2H3. The van der Waals surface area contributed by atoms with Crippen molar-refractivity contribution in [2.75, 3.05) is 0 Å². The SMILES string of the molecule is CC1=C(c2ccc(Cl)cc2)C2CC(C)CC2S1. The van der Waals surface area contributed by atoms with E-state index >= 15 is 0 Å². The van der Waals surface area contributed by atoms with Crippen molar-refractivity contribution in [1.29, 1.82) is 0 Å². The molecular weight excluding hydrogens is 248 g/mol. The Balaban J connectivity index is 1.96. The first-order valence-corrected chi connectivity index (χ1v) is 7.54. The molecule has 0 aromatic heterocycles. The minimum absolute atomic E-state index is 0.774. The fourth-order valence-corrected chi connectivity index (χ4v) is 5.09. The monoisotopic (exact) mass is 264 g/mol. The van der Waals surface area contributed by atoms with Crippen molar-refractivity contribution < 1.29 is 0 Å². The maximum Gasteiger partial charge on any atom is 0.0406 e. The topological polar surface area (TPSA) is 0 Å². The molecule has 90 valence electrons. The summed E-state index contributed by atoms with van der Waals surface area (Å²) in [5.74, 6) is 1.66. The van der Waals surface area contributed by atoms with E-state index in [9.17, 15) is 0 Å². The van der Waals surface area contributed by atoms with Crippen LogP contribution in [-0.2, 0) is 0 Å². The van der Waals surface area contributed by atoms with Gasteiger partial charge in [0, 0.05) is 10.3 Å². The zero-order valence-corrected chi connectivity index (χ0v) is 11.8. The number of hydrogen-bond acceptors (Lipinski definition) is 1. The molecule has 0 spiro atoms. The van der Waals surface area contributed by atoms with Crippen molar-refractivity contribution in [1.82, 2.24) is 0 Å². The minimum atomic E-state index is 0.774. The number of thioether (sulfide) groups is 1. The first-order valence-electron chi connectivity index (χ1n) is 6.28. The maximum atomic E-state index is 5.97. The summed E-state index contributed by atoms with van der Waals surface area (Å²) in [6.45, 7) is 4.66. The van der Waals surface area contributed by atoms with Crippen LogP contribution in [-0.4, -0.2) is 5.25 Å². The van der Waals surface area contributed by atoms with Gasteiger partial charge in [0.2, 0.25) is 0 Å². The van der Waals surface area contributed by atoms with E-state index in [-0.39, 0.29) is 0 Å². The highest BCUT2D eigenvalue weighted by atomic mass is 35.5. The van der Waals surface area contributed by atoms with Crippen LogP contribution in [0, 0.1) is 11.8 Å². The number of halogens is 1. The van der Waals surface area contributed by atoms with Crippen LogP contribution in [0.4, 0.5) is 0 Å². The van der Waals surface area contributed by atoms with Gasteiger partial charge >= 0.3 is 0 Å². The van der Waals surface area contributed by atoms with Gasteiger partial charge < -0.3 is 0 Å². The van der Waals surface area contributed by atoms with E-state index in [1.54, 1.807) is 5.57 Å². The van der Waals surface area contributed by atoms with Crippen LogP contribution < -0.4 is 0 Å². The summed E-state index contributed by atoms with van der Waals surface area (Å²) in [5.41, 5.74) is 2.96. The molecule has 1 aromatic rings. The Kier molecular flexibility index (Phi) is 3.00. The molecule has 0 saturated heterocycles. The van der Waals surface area contributed by atoms with Crippen LogP contribution in [0.5, 0.6) is 0 Å². The Hall–Kier alpha value is -0.400. The molecule has 0 radical (unpaired) electrons. The average molecular weight is 265 g/mol. The lowest BCUT2D eigenvalue weighted by Crippen LogP contribution is -2.05. The number of rotatable bonds is 1. The van der Waals surface area contributed by atoms with E-state index < -0.39 is 0 Å². The Morgan fingerprint density at radius 1 is 1.18 bits per heavy atom. The molecule has 1 aliphatic carbocycles. The first kappa shape index (κ1) is 11.7. The zero-order chi connectivity index (χ0) is 12.0. The third kappa shape index (κ3) is 2.04. The largest absolute Gasteiger partial charge is 0.127 e. The lowest BCUT2D eigenvalue weighted by atomic mass is 9.90. The second kappa shape index (κ2) is 4.37. The summed E-state index contributed by atoms with van der Waals surface area (Å²) in [5, 5.41) is 1.66. The molecule has 17 heavy (non-hydrogen) atoms. The smallest absolute Gasteiger partial charge is 0.0406 e. The van der Waals surface area contributed by atoms with Gasteiger partial charge in [-0.2, -0.15) is 0 Å². The summed E-state index contributed by atoms with van der Waals surface area (Å²) in [6, 6.07) is 8.36. The van der Waals surface area contributed by atoms with E-state index in [4.69, 9.17) is 11.6 Å². The molecule has 3 unspecified atom stereocenters. The molecular formula is C15H17ClS. The molecule has 2 aliphatic rings. The molecule has 3 atom stereocenters. The van der Waals surface area contributed by atoms with E-state index in [0.717, 1.165) is 22.1 Å². The lowest BCUT2D eigenvalue weighted by molar-refractivity contribution is 0.591. The predicted octanol–water partition coefficient (Wildman–Crippen LogP) is 5.23. The van der Waals surface area contributed by atoms with Gasteiger partial charge in [-0.05, 0) is 59.8 Å². The molecule has 0 nitrogen and oxygen atoms in total. The van der Waals surface area contributed by atoms with Gasteiger partial charge in [0.05, 0.1) is 0 Å². The Morgan fingerprint density at radius 3 is 2.59 bits per heavy atom. The molecule has 0 N–H and O–H groups in total. The van der Waals surface area contributed by atoms with E-state index in [1.807, 2.05) is 12.1 Å². The number of fused-ring (bicyclic) bond motifs is 1. The summed E-state index contributed by atoms with van der Waals surface area (Å²) in [6.07, 6.45) is 2.73. The number of benzene rings is 1. The third-order valence-corrected chi connectivity index (χ3v) is 5.62. The van der Waals surface area contributed by atoms with Gasteiger partial charge in [0.25, 0.3) is 0 Å². The molecule has 1 aromatic carbocycles. The van der Waals surface area contributed by atoms with Crippen molar-refractivity contribution >= 4 is 28.9 Å². The van der Waals surface area contributed by atoms with Crippen molar-refractivity contribution in [3.05, 3.63) is 39.8 Å². The van der Waals surface area contributed by atoms with Gasteiger partial charge in [0.1, 0.15) is 0 Å². The highest BCUT2D eigenvalue weighted by Crippen LogP contribution is 2.55. The summed E-state index contributed by atoms with van der Waals surface area (Å²) >= 11 is 8.06. The Bertz CT molecular complexity index is 460. The number of hydrogen-bond donors (Lipinski definition) is 0. The molecule has 1 saturated carbocycles. The molecule has 1 fully saturated rings. The van der Waals surface area contributed by atoms with Crippen LogP contribution in [0.3, 0.4) is 0 Å². The predicted molar refractivity (Wildman–Crippen MR) is 77.3 cm³/mol. The highest BCUT2D eigenvalue weighted by molar-refractivity contribution is 8.04. The fourth-order valence-electron chi connectivity index (χ4n) is 3.27. The van der Waals surface area contributed by atoms with Crippen molar-refractivity contribution in [2.24, 2.45) is 11.8 Å². The zero-order valence-electron chi connectivity index (χ0n) is 10.2. The second-order valence-electron chi connectivity index (χ2n) is 5.32. The van der Waals surface area contributed by atoms with Gasteiger partial charge in [0.15, 0.2) is 0 Å². The Labute approximate surface area is 112 Å². The van der Waals surface area contributed by atoms with Crippen LogP contribution in [0.2, 0.25) is 5.02 Å². The molecule has 2 heteroatoms. The molecule has 1 aliphatic heterocycles. The summed E-state index contributed by atoms with van der Waals surface area (Å²) < 4.78 is 0. The van der Waals surface area contributed by atoms with E-state index in [2.05, 4.69) is 37.7 Å². The average Bonchev–Trinajstić information content (AvgIpc) is 2.75. The van der Waals surface area contributed by atoms with Gasteiger partial charge in [-0.3, -0.25) is 0 Å². The van der Waals surface area contributed by atoms with Crippen LogP contribution in [0.25, 0.3) is 5.57 Å². The van der Waals surface area contributed by atoms with Gasteiger partial charge in [-0.25, -0.2) is 0 Å². The highest BCUT2D eigenvalue weighted by Gasteiger charge is 2.40. The Morgan fingerprint density at radius 2 is 1.88 bits per heavy atom. The second-order valence-corrected chi connectivity index (χ2v) is 7.21. The maximum absolute atomic E-state index is 5.97. The van der Waals surface area contributed by atoms with Gasteiger partial charge in [-0.1, -0.05) is 30.7 Å². The lowest BCUT2D eigenvalue weighted by Gasteiger charge is -2.14. The quantitative estimate of drug-likeness (QED) is 0.669. The number of allylic oxidation sites excluding steroid dienone is 2. The summed E-state index contributed by atoms with van der Waals surface area (Å²) in [7, 11) is 0. The fraction of sp³-hybridized carbons (Fsp3) is 0.467.